The number of fused-ring (bicyclic) bond motifs is 2. The largest absolute Gasteiger partial charge is 0.358 e. The van der Waals surface area contributed by atoms with Crippen molar-refractivity contribution in [2.75, 3.05) is 0 Å². The number of hydrogen-bond acceptors (Lipinski definition) is 0. The molecule has 0 spiro atoms. The van der Waals surface area contributed by atoms with Gasteiger partial charge in [-0.1, -0.05) is 12.1 Å². The molecule has 0 atom stereocenters. The minimum Gasteiger partial charge on any atom is -0.358 e. The van der Waals surface area contributed by atoms with Gasteiger partial charge in [0.15, 0.2) is 0 Å². The maximum atomic E-state index is 2.26. The van der Waals surface area contributed by atoms with Gasteiger partial charge < -0.3 is 7.43 Å². The molecule has 0 radical (unpaired) electrons. The van der Waals surface area contributed by atoms with E-state index in [4.69, 9.17) is 0 Å². The predicted octanol–water partition coefficient (Wildman–Crippen LogP) is 7.40. The fourth-order valence-corrected chi connectivity index (χ4v) is 2.14. The summed E-state index contributed by atoms with van der Waals surface area (Å²) >= 11 is 1.54. The molecule has 26 heavy (non-hydrogen) atoms. The van der Waals surface area contributed by atoms with Crippen molar-refractivity contribution in [1.82, 2.24) is 0 Å². The molecule has 0 saturated heterocycles. The van der Waals surface area contributed by atoms with Crippen molar-refractivity contribution in [3.8, 4) is 0 Å². The Morgan fingerprint density at radius 1 is 0.731 bits per heavy atom. The molecule has 0 unspecified atom stereocenters. The minimum absolute atomic E-state index is 0. The number of rotatable bonds is 1. The fraction of sp³-hybridized carbons (Fsp3) is 0.130. The molecule has 0 aliphatic rings. The third-order valence-electron chi connectivity index (χ3n) is 3.43. The summed E-state index contributed by atoms with van der Waals surface area (Å²) in [6.07, 6.45) is 0. The zero-order valence-electron chi connectivity index (χ0n) is 15.6. The molecule has 0 heterocycles. The van der Waals surface area contributed by atoms with E-state index in [1.807, 2.05) is 0 Å². The van der Waals surface area contributed by atoms with E-state index in [2.05, 4.69) is 102 Å². The minimum atomic E-state index is 0. The molecule has 0 aliphatic carbocycles. The Morgan fingerprint density at radius 2 is 1.08 bits per heavy atom. The van der Waals surface area contributed by atoms with Crippen molar-refractivity contribution >= 4 is 50.1 Å². The van der Waals surface area contributed by atoms with Gasteiger partial charge in [-0.15, -0.1) is 84.1 Å². The van der Waals surface area contributed by atoms with E-state index in [1.54, 1.807) is 0 Å². The van der Waals surface area contributed by atoms with Crippen LogP contribution in [0.25, 0.3) is 21.5 Å². The molecule has 0 amide bonds. The second-order valence-corrected chi connectivity index (χ2v) is 6.54. The standard InChI is InChI=1S/2C9H7.C4H8.CH3.2ClH.Zr/c2*1-2-5-9-7-3-6-8(9)4-1;1-4(2)3;;;;/h2*1-7H;1,4H,2-3H3;1H3;2*1H;/q2*-1;;-1;;;. The third-order valence-corrected chi connectivity index (χ3v) is 5.07. The van der Waals surface area contributed by atoms with E-state index in [9.17, 15) is 0 Å². The molecule has 4 rings (SSSR count). The van der Waals surface area contributed by atoms with Crippen molar-refractivity contribution in [3.63, 3.8) is 0 Å². The molecular formula is C23H27Cl2Zr-3. The Kier molecular flexibility index (Phi) is 15.8. The smallest absolute Gasteiger partial charge is 0.0809 e. The summed E-state index contributed by atoms with van der Waals surface area (Å²) in [6, 6.07) is 29.3. The van der Waals surface area contributed by atoms with Crippen LogP contribution in [0, 0.1) is 13.3 Å². The fourth-order valence-electron chi connectivity index (χ4n) is 2.14. The molecular weight excluding hydrogens is 438 g/mol. The molecule has 0 N–H and O–H groups in total. The van der Waals surface area contributed by atoms with Crippen molar-refractivity contribution in [2.24, 2.45) is 5.92 Å². The molecule has 4 aromatic rings. The van der Waals surface area contributed by atoms with Crippen LogP contribution in [0.5, 0.6) is 0 Å². The molecule has 0 fully saturated rings. The van der Waals surface area contributed by atoms with E-state index < -0.39 is 0 Å². The summed E-state index contributed by atoms with van der Waals surface area (Å²) in [6.45, 7) is 4.38. The topological polar surface area (TPSA) is 0 Å². The van der Waals surface area contributed by atoms with E-state index in [-0.39, 0.29) is 32.2 Å². The van der Waals surface area contributed by atoms with Gasteiger partial charge in [0.25, 0.3) is 0 Å². The van der Waals surface area contributed by atoms with Gasteiger partial charge in [0.1, 0.15) is 0 Å². The maximum absolute atomic E-state index is 2.26. The van der Waals surface area contributed by atoms with Crippen molar-refractivity contribution in [3.05, 3.63) is 92.4 Å². The second kappa shape index (κ2) is 15.1. The SMILES string of the molecule is CC(C)[CH]=[Zr].Cl.Cl.[CH3-].c1ccc2[cH-]ccc2c1.c1ccc2[cH-]ccc2c1. The van der Waals surface area contributed by atoms with Crippen molar-refractivity contribution in [2.45, 2.75) is 13.8 Å². The summed E-state index contributed by atoms with van der Waals surface area (Å²) in [4.78, 5) is 0. The zero-order chi connectivity index (χ0) is 16.5. The van der Waals surface area contributed by atoms with Gasteiger partial charge in [-0.05, 0) is 0 Å². The van der Waals surface area contributed by atoms with E-state index in [0.29, 0.717) is 0 Å². The van der Waals surface area contributed by atoms with Gasteiger partial charge in [0.2, 0.25) is 0 Å². The molecule has 0 aliphatic heterocycles. The Hall–Kier alpha value is -1.01. The predicted molar refractivity (Wildman–Crippen MR) is 121 cm³/mol. The quantitative estimate of drug-likeness (QED) is 0.257. The van der Waals surface area contributed by atoms with E-state index in [0.717, 1.165) is 5.92 Å². The first-order valence-corrected chi connectivity index (χ1v) is 9.34. The Bertz CT molecular complexity index is 717. The first kappa shape index (κ1) is 27.2. The Balaban J connectivity index is 0. The molecule has 0 aromatic heterocycles. The van der Waals surface area contributed by atoms with E-state index in [1.165, 1.54) is 45.8 Å². The van der Waals surface area contributed by atoms with Gasteiger partial charge >= 0.3 is 47.7 Å². The first-order chi connectivity index (χ1) is 11.2. The van der Waals surface area contributed by atoms with Gasteiger partial charge in [-0.3, -0.25) is 0 Å². The van der Waals surface area contributed by atoms with Gasteiger partial charge in [0.05, 0.1) is 0 Å². The normalized spacial score (nSPS) is 8.69. The molecule has 140 valence electrons. The summed E-state index contributed by atoms with van der Waals surface area (Å²) in [7, 11) is 0. The van der Waals surface area contributed by atoms with Crippen LogP contribution in [-0.4, -0.2) is 3.71 Å². The first-order valence-electron chi connectivity index (χ1n) is 7.92. The monoisotopic (exact) mass is 463 g/mol. The Morgan fingerprint density at radius 3 is 1.38 bits per heavy atom. The molecule has 0 bridgehead atoms. The van der Waals surface area contributed by atoms with Crippen LogP contribution in [0.2, 0.25) is 0 Å². The van der Waals surface area contributed by atoms with Crippen LogP contribution in [0.4, 0.5) is 0 Å². The second-order valence-electron chi connectivity index (χ2n) is 5.72. The van der Waals surface area contributed by atoms with Gasteiger partial charge in [-0.2, -0.15) is 35.0 Å². The van der Waals surface area contributed by atoms with Crippen LogP contribution in [0.15, 0.2) is 84.9 Å². The van der Waals surface area contributed by atoms with Gasteiger partial charge in [0, 0.05) is 0 Å². The average Bonchev–Trinajstić information content (AvgIpc) is 3.24. The molecule has 4 aromatic carbocycles. The summed E-state index contributed by atoms with van der Waals surface area (Å²) < 4.78 is 2.26. The number of hydrogen-bond donors (Lipinski definition) is 0. The zero-order valence-corrected chi connectivity index (χ0v) is 19.6. The van der Waals surface area contributed by atoms with Crippen LogP contribution < -0.4 is 0 Å². The third kappa shape index (κ3) is 9.08. The molecule has 0 saturated carbocycles. The summed E-state index contributed by atoms with van der Waals surface area (Å²) in [5.41, 5.74) is 0. The number of halogens is 2. The maximum Gasteiger partial charge on any atom is -0.0809 e. The van der Waals surface area contributed by atoms with Crippen molar-refractivity contribution < 1.29 is 24.2 Å². The Labute approximate surface area is 185 Å². The van der Waals surface area contributed by atoms with Crippen LogP contribution in [0.1, 0.15) is 13.8 Å². The summed E-state index contributed by atoms with van der Waals surface area (Å²) in [5.74, 6) is 0.799. The molecule has 3 heteroatoms. The average molecular weight is 466 g/mol. The summed E-state index contributed by atoms with van der Waals surface area (Å²) in [5, 5.41) is 5.32. The van der Waals surface area contributed by atoms with Gasteiger partial charge in [-0.25, -0.2) is 0 Å². The molecule has 0 nitrogen and oxygen atoms in total. The van der Waals surface area contributed by atoms with Crippen LogP contribution in [-0.2, 0) is 24.2 Å². The van der Waals surface area contributed by atoms with Crippen LogP contribution in [0.3, 0.4) is 0 Å². The van der Waals surface area contributed by atoms with E-state index >= 15 is 0 Å². The van der Waals surface area contributed by atoms with Crippen LogP contribution >= 0.6 is 24.8 Å². The number of benzene rings is 2. The van der Waals surface area contributed by atoms with Crippen molar-refractivity contribution in [1.29, 1.82) is 0 Å².